The lowest BCUT2D eigenvalue weighted by Crippen LogP contribution is -2.68. The number of esters is 1. The van der Waals surface area contributed by atoms with Crippen LogP contribution in [0, 0.1) is 17.8 Å². The topological polar surface area (TPSA) is 581 Å². The maximum absolute atomic E-state index is 14.9. The zero-order valence-electron chi connectivity index (χ0n) is 71.8. The quantitative estimate of drug-likeness (QED) is 0.0256. The molecule has 0 bridgehead atoms. The van der Waals surface area contributed by atoms with E-state index in [0.717, 1.165) is 19.6 Å². The predicted molar refractivity (Wildman–Crippen MR) is 420 cm³/mol. The van der Waals surface area contributed by atoms with Gasteiger partial charge in [-0.25, -0.2) is 4.79 Å². The fraction of sp³-hybridized carbons (Fsp3) is 0.808. The van der Waals surface area contributed by atoms with E-state index < -0.39 is 251 Å². The molecule has 0 aliphatic carbocycles. The number of carbonyl (C=O) groups is 15. The molecule has 0 radical (unpaired) electrons. The average molecular weight is 1670 g/mol. The van der Waals surface area contributed by atoms with Crippen LogP contribution in [0.1, 0.15) is 216 Å². The highest BCUT2D eigenvalue weighted by molar-refractivity contribution is 6.04. The smallest absolute Gasteiger partial charge is 0.329 e. The molecule has 19 N–H and O–H groups in total. The zero-order chi connectivity index (χ0) is 89.7. The standard InChI is InChI=1S/C78H134N14O25/c1-22-41(10)55(64(109)117-57(54(101)38-94)56(102)53(100)37-93)81-66(111)75(18,23-2)86-63(108)52-32-45(98)34-90(52)69(114)74(16,17)87-67(112)76(19,24-3)88-65(110)72(12,13)83-62(107)51-31-46(99)36-92(51)71(116)78(21,26-5)85-59(104)48(28-40(8)9)80-61(106)50-30-44(97)35-91(50)70(115)77(20,25-4)84-58(103)47(27-39(6)7)79-60(105)49-29-43(96)33-89(49)68(113)73(14,15)82-42(11)95/h39-41,43-57,93-94,96-102H,22-38H2,1-21H3,(H,79,105)(H,80,106)(H,81,111)(H,82,95)(H,83,107)(H,84,103)(H,85,104)(H,86,108)(H,87,112)(H,88,110)/t41-,43+,44+,45+,46+,47-,48-,49-,50-,51-,52-,53+,54+,55-,56+,57+,75+,76-,77+,78-/m0/s1. The Morgan fingerprint density at radius 2 is 0.744 bits per heavy atom. The van der Waals surface area contributed by atoms with Crippen LogP contribution < -0.4 is 53.2 Å². The van der Waals surface area contributed by atoms with E-state index in [4.69, 9.17) is 4.74 Å². The van der Waals surface area contributed by atoms with Crippen molar-refractivity contribution in [2.75, 3.05) is 39.4 Å². The van der Waals surface area contributed by atoms with E-state index in [2.05, 4.69) is 53.2 Å². The Morgan fingerprint density at radius 1 is 0.402 bits per heavy atom. The Kier molecular flexibility index (Phi) is 35.5. The number of likely N-dealkylation sites (tertiary alicyclic amines) is 4. The lowest BCUT2D eigenvalue weighted by atomic mass is 9.92. The summed E-state index contributed by atoms with van der Waals surface area (Å²) in [7, 11) is 0. The van der Waals surface area contributed by atoms with Crippen LogP contribution in [0.4, 0.5) is 0 Å². The van der Waals surface area contributed by atoms with Gasteiger partial charge in [-0.15, -0.1) is 0 Å². The van der Waals surface area contributed by atoms with Crippen LogP contribution in [0.3, 0.4) is 0 Å². The van der Waals surface area contributed by atoms with Crippen molar-refractivity contribution in [3.63, 3.8) is 0 Å². The maximum atomic E-state index is 14.9. The molecule has 4 heterocycles. The fourth-order valence-corrected chi connectivity index (χ4v) is 14.5. The number of amides is 14. The summed E-state index contributed by atoms with van der Waals surface area (Å²) >= 11 is 0. The second kappa shape index (κ2) is 41.1. The molecule has 0 aromatic rings. The highest BCUT2D eigenvalue weighted by Crippen LogP contribution is 2.31. The van der Waals surface area contributed by atoms with Crippen LogP contribution in [-0.2, 0) is 76.7 Å². The molecule has 4 aliphatic heterocycles. The van der Waals surface area contributed by atoms with E-state index in [9.17, 15) is 118 Å². The normalized spacial score (nSPS) is 23.9. The van der Waals surface area contributed by atoms with Crippen molar-refractivity contribution in [1.82, 2.24) is 72.8 Å². The monoisotopic (exact) mass is 1670 g/mol. The van der Waals surface area contributed by atoms with Crippen LogP contribution in [0.5, 0.6) is 0 Å². The Bertz CT molecular complexity index is 3600. The van der Waals surface area contributed by atoms with Gasteiger partial charge in [0.2, 0.25) is 82.7 Å². The molecule has 0 saturated carbocycles. The third-order valence-corrected chi connectivity index (χ3v) is 22.9. The summed E-state index contributed by atoms with van der Waals surface area (Å²) in [5.41, 5.74) is -12.6. The van der Waals surface area contributed by atoms with Gasteiger partial charge in [0, 0.05) is 58.8 Å². The van der Waals surface area contributed by atoms with E-state index >= 15 is 0 Å². The molecule has 0 aromatic heterocycles. The molecule has 4 saturated heterocycles. The number of hydrogen-bond acceptors (Lipinski definition) is 25. The van der Waals surface area contributed by atoms with Crippen molar-refractivity contribution >= 4 is 88.7 Å². The zero-order valence-corrected chi connectivity index (χ0v) is 71.8. The van der Waals surface area contributed by atoms with Crippen molar-refractivity contribution in [2.24, 2.45) is 17.8 Å². The van der Waals surface area contributed by atoms with Gasteiger partial charge in [-0.3, -0.25) is 67.1 Å². The summed E-state index contributed by atoms with van der Waals surface area (Å²) in [5, 5.41) is 120. The fourth-order valence-electron chi connectivity index (χ4n) is 14.5. The van der Waals surface area contributed by atoms with Crippen molar-refractivity contribution < 1.29 is 123 Å². The number of rotatable bonds is 40. The van der Waals surface area contributed by atoms with Gasteiger partial charge in [-0.2, -0.15) is 0 Å². The lowest BCUT2D eigenvalue weighted by Gasteiger charge is -2.39. The first kappa shape index (κ1) is 101. The SMILES string of the molecule is CC[C@H](C)[C@H](NC(=O)[C@@](C)(CC)NC(=O)[C@@H]1C[C@@H](O)CN1C(=O)C(C)(C)NC(=O)[C@](C)(CC)NC(=O)C(C)(C)NC(=O)[C@@H]1C[C@@H](O)CN1C(=O)[C@](C)(CC)NC(=O)[C@H](CC(C)C)NC(=O)[C@@H]1C[C@@H](O)CN1C(=O)[C@@](C)(CC)NC(=O)[C@H](CC(C)C)NC(=O)[C@@H]1C[C@@H](O)CN1C(=O)C(C)(C)NC(C)=O)C(=O)O[C@@H]([C@H](O)[C@H](O)CO)[C@H](O)CO. The molecule has 0 unspecified atom stereocenters. The summed E-state index contributed by atoms with van der Waals surface area (Å²) < 4.78 is 5.32. The van der Waals surface area contributed by atoms with Crippen molar-refractivity contribution in [1.29, 1.82) is 0 Å². The molecule has 0 aromatic carbocycles. The van der Waals surface area contributed by atoms with Gasteiger partial charge < -0.3 is 123 Å². The number of β-amino-alcohol motifs (C(OH)–C–C–N with tert-alkyl or cyclic N) is 4. The van der Waals surface area contributed by atoms with Gasteiger partial charge in [-0.1, -0.05) is 75.7 Å². The molecule has 4 aliphatic rings. The highest BCUT2D eigenvalue weighted by atomic mass is 16.6. The van der Waals surface area contributed by atoms with Crippen LogP contribution in [0.2, 0.25) is 0 Å². The van der Waals surface area contributed by atoms with Gasteiger partial charge in [0.15, 0.2) is 6.10 Å². The van der Waals surface area contributed by atoms with Crippen molar-refractivity contribution in [3.05, 3.63) is 0 Å². The van der Waals surface area contributed by atoms with Gasteiger partial charge >= 0.3 is 5.97 Å². The first-order valence-electron chi connectivity index (χ1n) is 40.4. The minimum atomic E-state index is -2.08. The molecular weight excluding hydrogens is 1530 g/mol. The van der Waals surface area contributed by atoms with E-state index in [0.29, 0.717) is 0 Å². The Labute approximate surface area is 684 Å². The molecule has 4 rings (SSSR count). The Balaban J connectivity index is 1.48. The number of nitrogens with one attached hydrogen (secondary N) is 10. The third kappa shape index (κ3) is 25.2. The van der Waals surface area contributed by atoms with Gasteiger partial charge in [0.05, 0.1) is 37.6 Å². The number of aliphatic hydroxyl groups is 9. The van der Waals surface area contributed by atoms with E-state index in [-0.39, 0.29) is 95.6 Å². The Hall–Kier alpha value is -8.31. The first-order valence-corrected chi connectivity index (χ1v) is 40.4. The Morgan fingerprint density at radius 3 is 1.09 bits per heavy atom. The second-order valence-electron chi connectivity index (χ2n) is 35.2. The lowest BCUT2D eigenvalue weighted by molar-refractivity contribution is -0.181. The molecule has 117 heavy (non-hydrogen) atoms. The number of ether oxygens (including phenoxy) is 1. The molecule has 14 amide bonds. The number of carbonyl (C=O) groups excluding carboxylic acids is 15. The molecule has 4 fully saturated rings. The summed E-state index contributed by atoms with van der Waals surface area (Å²) in [6.45, 7) is 27.9. The van der Waals surface area contributed by atoms with E-state index in [1.165, 1.54) is 83.1 Å². The average Bonchev–Trinajstić information content (AvgIpc) is 1.60. The van der Waals surface area contributed by atoms with Gasteiger partial charge in [0.25, 0.3) is 0 Å². The van der Waals surface area contributed by atoms with Crippen LogP contribution >= 0.6 is 0 Å². The minimum Gasteiger partial charge on any atom is -0.455 e. The van der Waals surface area contributed by atoms with Crippen molar-refractivity contribution in [2.45, 2.75) is 346 Å². The van der Waals surface area contributed by atoms with Crippen LogP contribution in [0.25, 0.3) is 0 Å². The highest BCUT2D eigenvalue weighted by Gasteiger charge is 2.54. The summed E-state index contributed by atoms with van der Waals surface area (Å²) in [6, 6.07) is -9.78. The first-order chi connectivity index (χ1) is 53.9. The largest absolute Gasteiger partial charge is 0.455 e. The summed E-state index contributed by atoms with van der Waals surface area (Å²) in [6.07, 6.45) is -14.1. The maximum Gasteiger partial charge on any atom is 0.329 e. The van der Waals surface area contributed by atoms with E-state index in [1.54, 1.807) is 62.3 Å². The molecule has 39 nitrogen and oxygen atoms in total. The molecule has 666 valence electrons. The van der Waals surface area contributed by atoms with Gasteiger partial charge in [-0.05, 0) is 126 Å². The minimum absolute atomic E-state index is 0.0275. The van der Waals surface area contributed by atoms with Crippen molar-refractivity contribution in [3.8, 4) is 0 Å². The van der Waals surface area contributed by atoms with Gasteiger partial charge in [0.1, 0.15) is 99.4 Å². The molecule has 39 heteroatoms. The second-order valence-corrected chi connectivity index (χ2v) is 35.2. The molecular formula is C78H134N14O25. The number of hydrogen-bond donors (Lipinski definition) is 19. The van der Waals surface area contributed by atoms with E-state index in [1.807, 2.05) is 0 Å². The van der Waals surface area contributed by atoms with Crippen LogP contribution in [-0.4, -0.2) is 324 Å². The number of nitrogens with zero attached hydrogens (tertiary/aromatic N) is 4. The number of aliphatic hydroxyl groups excluding tert-OH is 9. The summed E-state index contributed by atoms with van der Waals surface area (Å²) in [4.78, 5) is 218. The van der Waals surface area contributed by atoms with Crippen LogP contribution in [0.15, 0.2) is 0 Å². The predicted octanol–water partition coefficient (Wildman–Crippen LogP) is -4.75. The molecule has 0 spiro atoms. The summed E-state index contributed by atoms with van der Waals surface area (Å²) in [5.74, 6) is -14.1. The third-order valence-electron chi connectivity index (χ3n) is 22.9. The molecule has 20 atom stereocenters.